The van der Waals surface area contributed by atoms with E-state index in [0.717, 1.165) is 5.69 Å². The third kappa shape index (κ3) is 3.68. The third-order valence-electron chi connectivity index (χ3n) is 3.67. The first kappa shape index (κ1) is 17.5. The predicted molar refractivity (Wildman–Crippen MR) is 98.1 cm³/mol. The zero-order valence-corrected chi connectivity index (χ0v) is 14.4. The lowest BCUT2D eigenvalue weighted by atomic mass is 10.1. The Labute approximate surface area is 153 Å². The fourth-order valence-electron chi connectivity index (χ4n) is 2.35. The number of amides is 1. The number of anilines is 1. The van der Waals surface area contributed by atoms with Crippen LogP contribution in [0, 0.1) is 10.1 Å². The normalized spacial score (nSPS) is 10.4. The molecule has 3 aromatic rings. The minimum Gasteiger partial charge on any atom is -0.451 e. The number of rotatable bonds is 5. The molecule has 26 heavy (non-hydrogen) atoms. The highest BCUT2D eigenvalue weighted by atomic mass is 35.5. The second-order valence-corrected chi connectivity index (χ2v) is 5.83. The minimum atomic E-state index is -0.532. The maximum atomic E-state index is 12.3. The Bertz CT molecular complexity index is 956. The van der Waals surface area contributed by atoms with Crippen LogP contribution in [0.4, 0.5) is 11.4 Å². The zero-order valence-electron chi connectivity index (χ0n) is 13.7. The first-order chi connectivity index (χ1) is 12.5. The van der Waals surface area contributed by atoms with E-state index in [1.54, 1.807) is 18.1 Å². The molecule has 0 radical (unpaired) electrons. The third-order valence-corrected chi connectivity index (χ3v) is 3.98. The number of nitrogens with one attached hydrogen (secondary N) is 1. The summed E-state index contributed by atoms with van der Waals surface area (Å²) in [5.74, 6) is 0.00949. The van der Waals surface area contributed by atoms with Gasteiger partial charge in [0.2, 0.25) is 0 Å². The quantitative estimate of drug-likeness (QED) is 0.534. The molecule has 0 saturated heterocycles. The van der Waals surface area contributed by atoms with Crippen molar-refractivity contribution in [2.45, 2.75) is 0 Å². The Morgan fingerprint density at radius 1 is 1.15 bits per heavy atom. The Balaban J connectivity index is 1.77. The molecular formula is C18H14ClN3O4. The highest BCUT2D eigenvalue weighted by Crippen LogP contribution is 2.32. The number of halogens is 1. The van der Waals surface area contributed by atoms with E-state index in [9.17, 15) is 14.9 Å². The maximum absolute atomic E-state index is 12.3. The molecule has 0 fully saturated rings. The molecule has 0 saturated carbocycles. The lowest BCUT2D eigenvalue weighted by Crippen LogP contribution is -2.39. The minimum absolute atomic E-state index is 0.0946. The summed E-state index contributed by atoms with van der Waals surface area (Å²) in [5.41, 5.74) is 3.85. The number of carbonyl (C=O) groups excluding carboxylic acids is 1. The number of para-hydroxylation sites is 1. The molecule has 1 aromatic heterocycles. The first-order valence-corrected chi connectivity index (χ1v) is 7.97. The van der Waals surface area contributed by atoms with Crippen LogP contribution in [-0.2, 0) is 0 Å². The van der Waals surface area contributed by atoms with Gasteiger partial charge in [-0.3, -0.25) is 25.3 Å². The van der Waals surface area contributed by atoms with E-state index < -0.39 is 10.8 Å². The van der Waals surface area contributed by atoms with Gasteiger partial charge in [0.05, 0.1) is 15.6 Å². The monoisotopic (exact) mass is 371 g/mol. The van der Waals surface area contributed by atoms with Crippen LogP contribution in [0.2, 0.25) is 5.02 Å². The van der Waals surface area contributed by atoms with E-state index in [0.29, 0.717) is 11.3 Å². The molecule has 1 heterocycles. The summed E-state index contributed by atoms with van der Waals surface area (Å²) in [6.07, 6.45) is 0. The van der Waals surface area contributed by atoms with Crippen molar-refractivity contribution in [3.63, 3.8) is 0 Å². The van der Waals surface area contributed by atoms with Crippen molar-refractivity contribution < 1.29 is 14.1 Å². The lowest BCUT2D eigenvalue weighted by molar-refractivity contribution is -0.384. The van der Waals surface area contributed by atoms with E-state index in [1.165, 1.54) is 24.3 Å². The van der Waals surface area contributed by atoms with Gasteiger partial charge in [-0.2, -0.15) is 0 Å². The molecule has 132 valence electrons. The van der Waals surface area contributed by atoms with Crippen molar-refractivity contribution in [1.82, 2.24) is 5.43 Å². The summed E-state index contributed by atoms with van der Waals surface area (Å²) in [6.45, 7) is 0. The number of hydrazine groups is 1. The fourth-order valence-corrected chi connectivity index (χ4v) is 2.61. The summed E-state index contributed by atoms with van der Waals surface area (Å²) < 4.78 is 5.56. The molecule has 0 atom stereocenters. The van der Waals surface area contributed by atoms with E-state index in [2.05, 4.69) is 5.43 Å². The Morgan fingerprint density at radius 2 is 1.88 bits per heavy atom. The van der Waals surface area contributed by atoms with Crippen molar-refractivity contribution in [2.75, 3.05) is 12.1 Å². The van der Waals surface area contributed by atoms with E-state index in [1.807, 2.05) is 30.3 Å². The van der Waals surface area contributed by atoms with Crippen LogP contribution >= 0.6 is 11.6 Å². The first-order valence-electron chi connectivity index (χ1n) is 7.59. The van der Waals surface area contributed by atoms with E-state index in [4.69, 9.17) is 16.0 Å². The number of benzene rings is 2. The molecule has 2 aromatic carbocycles. The summed E-state index contributed by atoms with van der Waals surface area (Å²) >= 11 is 6.09. The number of non-ortho nitro benzene ring substituents is 1. The molecule has 7 nitrogen and oxygen atoms in total. The summed E-state index contributed by atoms with van der Waals surface area (Å²) in [5, 5.41) is 12.5. The van der Waals surface area contributed by atoms with Crippen molar-refractivity contribution in [3.8, 4) is 11.3 Å². The largest absolute Gasteiger partial charge is 0.451 e. The maximum Gasteiger partial charge on any atom is 0.305 e. The van der Waals surface area contributed by atoms with Gasteiger partial charge in [0, 0.05) is 24.7 Å². The molecule has 1 amide bonds. The summed E-state index contributed by atoms with van der Waals surface area (Å²) in [6, 6.07) is 16.5. The summed E-state index contributed by atoms with van der Waals surface area (Å²) in [4.78, 5) is 22.6. The molecule has 0 aliphatic carbocycles. The van der Waals surface area contributed by atoms with Crippen LogP contribution in [0.15, 0.2) is 65.1 Å². The number of nitro groups is 1. The molecule has 0 bridgehead atoms. The van der Waals surface area contributed by atoms with E-state index >= 15 is 0 Å². The van der Waals surface area contributed by atoms with Crippen molar-refractivity contribution in [3.05, 3.63) is 81.6 Å². The topological polar surface area (TPSA) is 88.6 Å². The standard InChI is InChI=1S/C18H14ClN3O4/c1-21(12-5-3-2-4-6-12)20-18(23)17-10-9-16(26-17)14-8-7-13(22(24)25)11-15(14)19/h2-11H,1H3,(H,20,23). The summed E-state index contributed by atoms with van der Waals surface area (Å²) in [7, 11) is 1.71. The van der Waals surface area contributed by atoms with Crippen LogP contribution in [0.5, 0.6) is 0 Å². The molecule has 0 spiro atoms. The second kappa shape index (κ2) is 7.28. The molecular weight excluding hydrogens is 358 g/mol. The second-order valence-electron chi connectivity index (χ2n) is 5.42. The van der Waals surface area contributed by atoms with Gasteiger partial charge in [-0.25, -0.2) is 0 Å². The van der Waals surface area contributed by atoms with Crippen LogP contribution < -0.4 is 10.4 Å². The molecule has 8 heteroatoms. The highest BCUT2D eigenvalue weighted by molar-refractivity contribution is 6.33. The van der Waals surface area contributed by atoms with Gasteiger partial charge in [0.1, 0.15) is 5.76 Å². The molecule has 0 aliphatic rings. The molecule has 0 unspecified atom stereocenters. The van der Waals surface area contributed by atoms with Gasteiger partial charge in [-0.1, -0.05) is 29.8 Å². The molecule has 1 N–H and O–H groups in total. The van der Waals surface area contributed by atoms with Crippen LogP contribution in [-0.4, -0.2) is 17.9 Å². The highest BCUT2D eigenvalue weighted by Gasteiger charge is 2.17. The van der Waals surface area contributed by atoms with Gasteiger partial charge >= 0.3 is 5.91 Å². The van der Waals surface area contributed by atoms with Crippen LogP contribution in [0.1, 0.15) is 10.6 Å². The van der Waals surface area contributed by atoms with Gasteiger partial charge < -0.3 is 4.42 Å². The number of carbonyl (C=O) groups is 1. The van der Waals surface area contributed by atoms with Gasteiger partial charge in [0.25, 0.3) is 5.69 Å². The van der Waals surface area contributed by atoms with Crippen molar-refractivity contribution >= 4 is 28.9 Å². The van der Waals surface area contributed by atoms with Crippen molar-refractivity contribution in [2.24, 2.45) is 0 Å². The Kier molecular flexibility index (Phi) is 4.90. The molecule has 3 rings (SSSR count). The predicted octanol–water partition coefficient (Wildman–Crippen LogP) is 4.29. The number of nitro benzene ring substituents is 1. The smallest absolute Gasteiger partial charge is 0.305 e. The number of hydrogen-bond donors (Lipinski definition) is 1. The fraction of sp³-hybridized carbons (Fsp3) is 0.0556. The van der Waals surface area contributed by atoms with Crippen molar-refractivity contribution in [1.29, 1.82) is 0 Å². The van der Waals surface area contributed by atoms with E-state index in [-0.39, 0.29) is 16.5 Å². The Hall–Kier alpha value is -3.32. The zero-order chi connectivity index (χ0) is 18.7. The number of furan rings is 1. The average molecular weight is 372 g/mol. The molecule has 0 aliphatic heterocycles. The lowest BCUT2D eigenvalue weighted by Gasteiger charge is -2.19. The van der Waals surface area contributed by atoms with Gasteiger partial charge in [-0.05, 0) is 30.3 Å². The number of nitrogens with zero attached hydrogens (tertiary/aromatic N) is 2. The van der Waals surface area contributed by atoms with Crippen LogP contribution in [0.3, 0.4) is 0 Å². The average Bonchev–Trinajstić information content (AvgIpc) is 3.12. The van der Waals surface area contributed by atoms with Gasteiger partial charge in [-0.15, -0.1) is 0 Å². The van der Waals surface area contributed by atoms with Crippen LogP contribution in [0.25, 0.3) is 11.3 Å². The Morgan fingerprint density at radius 3 is 2.54 bits per heavy atom. The number of hydrogen-bond acceptors (Lipinski definition) is 5. The van der Waals surface area contributed by atoms with Gasteiger partial charge in [0.15, 0.2) is 5.76 Å². The SMILES string of the molecule is CN(NC(=O)c1ccc(-c2ccc([N+](=O)[O-])cc2Cl)o1)c1ccccc1.